The number of hydrogen-bond acceptors (Lipinski definition) is 5. The summed E-state index contributed by atoms with van der Waals surface area (Å²) in [5, 5.41) is 5.02. The summed E-state index contributed by atoms with van der Waals surface area (Å²) in [6.07, 6.45) is 3.33. The Morgan fingerprint density at radius 3 is 2.95 bits per heavy atom. The number of nitrogens with two attached hydrogens (primary N) is 1. The van der Waals surface area contributed by atoms with Gasteiger partial charge in [0.15, 0.2) is 5.65 Å². The molecule has 0 aliphatic rings. The molecule has 0 bridgehead atoms. The number of halogens is 2. The average Bonchev–Trinajstić information content (AvgIpc) is 2.82. The van der Waals surface area contributed by atoms with E-state index in [9.17, 15) is 0 Å². The number of aromatic nitrogens is 5. The third kappa shape index (κ3) is 2.39. The first-order valence-electron chi connectivity index (χ1n) is 5.81. The van der Waals surface area contributed by atoms with Crippen LogP contribution in [0.4, 0.5) is 5.82 Å². The maximum Gasteiger partial charge on any atom is 0.226 e. The van der Waals surface area contributed by atoms with E-state index in [0.29, 0.717) is 29.3 Å². The maximum absolute atomic E-state index is 5.83. The van der Waals surface area contributed by atoms with Crippen LogP contribution in [-0.2, 0) is 12.4 Å². The molecule has 6 nitrogen and oxygen atoms in total. The highest BCUT2D eigenvalue weighted by Gasteiger charge is 2.11. The lowest BCUT2D eigenvalue weighted by Crippen LogP contribution is -2.05. The van der Waals surface area contributed by atoms with Gasteiger partial charge in [0, 0.05) is 12.1 Å². The monoisotopic (exact) mass is 308 g/mol. The van der Waals surface area contributed by atoms with Crippen LogP contribution in [0, 0.1) is 0 Å². The molecule has 0 spiro atoms. The fourth-order valence-electron chi connectivity index (χ4n) is 1.92. The molecule has 102 valence electrons. The Bertz CT molecular complexity index is 770. The highest BCUT2D eigenvalue weighted by Crippen LogP contribution is 2.19. The Morgan fingerprint density at radius 1 is 1.30 bits per heavy atom. The van der Waals surface area contributed by atoms with Crippen LogP contribution in [0.2, 0.25) is 5.28 Å². The summed E-state index contributed by atoms with van der Waals surface area (Å²) in [6, 6.07) is 3.79. The Kier molecular flexibility index (Phi) is 3.42. The summed E-state index contributed by atoms with van der Waals surface area (Å²) < 4.78 is 1.68. The van der Waals surface area contributed by atoms with Crippen LogP contribution in [0.15, 0.2) is 24.5 Å². The van der Waals surface area contributed by atoms with E-state index in [-0.39, 0.29) is 5.28 Å². The second-order valence-corrected chi connectivity index (χ2v) is 4.81. The fourth-order valence-corrected chi connectivity index (χ4v) is 2.25. The van der Waals surface area contributed by atoms with Crippen LogP contribution >= 0.6 is 23.2 Å². The van der Waals surface area contributed by atoms with Crippen LogP contribution in [0.5, 0.6) is 0 Å². The van der Waals surface area contributed by atoms with Gasteiger partial charge in [-0.1, -0.05) is 0 Å². The molecule has 0 saturated heterocycles. The Hall–Kier alpha value is -1.92. The molecule has 2 N–H and O–H groups in total. The molecule has 3 heterocycles. The van der Waals surface area contributed by atoms with E-state index in [1.165, 1.54) is 0 Å². The number of alkyl halides is 1. The van der Waals surface area contributed by atoms with Crippen molar-refractivity contribution in [3.63, 3.8) is 0 Å². The molecule has 0 atom stereocenters. The number of nitrogen functional groups attached to an aromatic ring is 1. The predicted octanol–water partition coefficient (Wildman–Crippen LogP) is 2.24. The second-order valence-electron chi connectivity index (χ2n) is 4.21. The quantitative estimate of drug-likeness (QED) is 0.592. The molecule has 0 aliphatic carbocycles. The van der Waals surface area contributed by atoms with Crippen molar-refractivity contribution in [1.82, 2.24) is 24.7 Å². The predicted molar refractivity (Wildman–Crippen MR) is 77.6 cm³/mol. The minimum Gasteiger partial charge on any atom is -0.383 e. The molecular weight excluding hydrogens is 299 g/mol. The summed E-state index contributed by atoms with van der Waals surface area (Å²) >= 11 is 11.6. The first-order valence-corrected chi connectivity index (χ1v) is 6.73. The van der Waals surface area contributed by atoms with Crippen LogP contribution in [0.1, 0.15) is 11.3 Å². The van der Waals surface area contributed by atoms with Crippen LogP contribution < -0.4 is 5.73 Å². The minimum atomic E-state index is 0.0965. The first-order chi connectivity index (χ1) is 9.67. The van der Waals surface area contributed by atoms with E-state index in [4.69, 9.17) is 28.9 Å². The van der Waals surface area contributed by atoms with Gasteiger partial charge in [-0.05, 0) is 29.3 Å². The SMILES string of the molecule is Nc1nc(Cl)nc2c1cnn2Cc1cc(CCl)ccn1. The molecule has 3 aromatic heterocycles. The lowest BCUT2D eigenvalue weighted by Gasteiger charge is -2.04. The van der Waals surface area contributed by atoms with E-state index in [0.717, 1.165) is 11.3 Å². The number of anilines is 1. The summed E-state index contributed by atoms with van der Waals surface area (Å²) in [7, 11) is 0. The smallest absolute Gasteiger partial charge is 0.226 e. The van der Waals surface area contributed by atoms with E-state index in [1.807, 2.05) is 12.1 Å². The van der Waals surface area contributed by atoms with Gasteiger partial charge in [-0.25, -0.2) is 9.67 Å². The fraction of sp³-hybridized carbons (Fsp3) is 0.167. The second kappa shape index (κ2) is 5.22. The third-order valence-corrected chi connectivity index (χ3v) is 3.32. The molecule has 0 aliphatic heterocycles. The standard InChI is InChI=1S/C12H10Cl2N6/c13-4-7-1-2-16-8(3-7)6-20-11-9(5-17-20)10(15)18-12(14)19-11/h1-3,5H,4,6H2,(H2,15,18,19). The summed E-state index contributed by atoms with van der Waals surface area (Å²) in [6.45, 7) is 0.459. The minimum absolute atomic E-state index is 0.0965. The van der Waals surface area contributed by atoms with Crippen molar-refractivity contribution < 1.29 is 0 Å². The van der Waals surface area contributed by atoms with Crippen LogP contribution in [-0.4, -0.2) is 24.7 Å². The molecule has 0 saturated carbocycles. The normalized spacial score (nSPS) is 11.1. The van der Waals surface area contributed by atoms with E-state index in [1.54, 1.807) is 17.1 Å². The van der Waals surface area contributed by atoms with Gasteiger partial charge in [0.25, 0.3) is 0 Å². The number of rotatable bonds is 3. The van der Waals surface area contributed by atoms with Crippen molar-refractivity contribution in [3.05, 3.63) is 41.1 Å². The highest BCUT2D eigenvalue weighted by atomic mass is 35.5. The van der Waals surface area contributed by atoms with Gasteiger partial charge in [0.2, 0.25) is 5.28 Å². The van der Waals surface area contributed by atoms with Crippen molar-refractivity contribution in [2.24, 2.45) is 0 Å². The molecule has 3 rings (SSSR count). The molecule has 3 aromatic rings. The highest BCUT2D eigenvalue weighted by molar-refractivity contribution is 6.28. The molecule has 20 heavy (non-hydrogen) atoms. The summed E-state index contributed by atoms with van der Waals surface area (Å²) in [5.74, 6) is 0.754. The molecule has 0 amide bonds. The van der Waals surface area contributed by atoms with Gasteiger partial charge >= 0.3 is 0 Å². The topological polar surface area (TPSA) is 82.5 Å². The maximum atomic E-state index is 5.83. The molecule has 0 radical (unpaired) electrons. The zero-order valence-corrected chi connectivity index (χ0v) is 11.8. The number of hydrogen-bond donors (Lipinski definition) is 1. The van der Waals surface area contributed by atoms with Crippen molar-refractivity contribution in [2.75, 3.05) is 5.73 Å². The first kappa shape index (κ1) is 13.1. The lowest BCUT2D eigenvalue weighted by atomic mass is 10.2. The summed E-state index contributed by atoms with van der Waals surface area (Å²) in [5.41, 5.74) is 8.21. The van der Waals surface area contributed by atoms with Gasteiger partial charge in [-0.15, -0.1) is 11.6 Å². The number of nitrogens with zero attached hydrogens (tertiary/aromatic N) is 5. The Morgan fingerprint density at radius 2 is 2.15 bits per heavy atom. The van der Waals surface area contributed by atoms with Gasteiger partial charge in [0.1, 0.15) is 5.82 Å². The van der Waals surface area contributed by atoms with Crippen LogP contribution in [0.25, 0.3) is 11.0 Å². The van der Waals surface area contributed by atoms with E-state index >= 15 is 0 Å². The molecule has 0 aromatic carbocycles. The van der Waals surface area contributed by atoms with Gasteiger partial charge in [-0.3, -0.25) is 4.98 Å². The van der Waals surface area contributed by atoms with Gasteiger partial charge in [-0.2, -0.15) is 10.1 Å². The molecular formula is C12H10Cl2N6. The summed E-state index contributed by atoms with van der Waals surface area (Å²) in [4.78, 5) is 12.3. The molecule has 8 heteroatoms. The average molecular weight is 309 g/mol. The van der Waals surface area contributed by atoms with Gasteiger partial charge in [0.05, 0.1) is 23.8 Å². The largest absolute Gasteiger partial charge is 0.383 e. The van der Waals surface area contributed by atoms with E-state index < -0.39 is 0 Å². The van der Waals surface area contributed by atoms with Gasteiger partial charge < -0.3 is 5.73 Å². The van der Waals surface area contributed by atoms with E-state index in [2.05, 4.69) is 20.1 Å². The number of pyridine rings is 1. The van der Waals surface area contributed by atoms with Crippen molar-refractivity contribution in [2.45, 2.75) is 12.4 Å². The Labute approximate surface area is 124 Å². The number of fused-ring (bicyclic) bond motifs is 1. The van der Waals surface area contributed by atoms with Crippen molar-refractivity contribution >= 4 is 40.1 Å². The zero-order chi connectivity index (χ0) is 14.1. The van der Waals surface area contributed by atoms with Crippen molar-refractivity contribution in [1.29, 1.82) is 0 Å². The molecule has 0 unspecified atom stereocenters. The Balaban J connectivity index is 2.02. The molecule has 0 fully saturated rings. The lowest BCUT2D eigenvalue weighted by molar-refractivity contribution is 0.688. The third-order valence-electron chi connectivity index (χ3n) is 2.85. The van der Waals surface area contributed by atoms with Crippen molar-refractivity contribution in [3.8, 4) is 0 Å². The zero-order valence-electron chi connectivity index (χ0n) is 10.3. The van der Waals surface area contributed by atoms with Crippen LogP contribution in [0.3, 0.4) is 0 Å².